The van der Waals surface area contributed by atoms with Crippen LogP contribution in [0.25, 0.3) is 0 Å². The second-order valence-electron chi connectivity index (χ2n) is 6.25. The van der Waals surface area contributed by atoms with Crippen LogP contribution in [0.1, 0.15) is 55.8 Å². The lowest BCUT2D eigenvalue weighted by atomic mass is 9.82. The Labute approximate surface area is 137 Å². The maximum atomic E-state index is 12.2. The highest BCUT2D eigenvalue weighted by Gasteiger charge is 2.33. The normalized spacial score (nSPS) is 17.6. The molecule has 1 aromatic carbocycles. The largest absolute Gasteiger partial charge is 0.349 e. The lowest BCUT2D eigenvalue weighted by Crippen LogP contribution is -2.50. The highest BCUT2D eigenvalue weighted by Crippen LogP contribution is 2.27. The van der Waals surface area contributed by atoms with Crippen LogP contribution in [-0.4, -0.2) is 23.4 Å². The Morgan fingerprint density at radius 3 is 2.48 bits per heavy atom. The van der Waals surface area contributed by atoms with E-state index in [4.69, 9.17) is 0 Å². The molecule has 0 spiro atoms. The third-order valence-corrected chi connectivity index (χ3v) is 4.20. The molecule has 1 atom stereocenters. The van der Waals surface area contributed by atoms with Gasteiger partial charge in [-0.05, 0) is 31.9 Å². The fourth-order valence-corrected chi connectivity index (χ4v) is 2.96. The molecule has 122 valence electrons. The third kappa shape index (κ3) is 4.82. The maximum absolute atomic E-state index is 12.2. The van der Waals surface area contributed by atoms with E-state index in [1.54, 1.807) is 31.2 Å². The fraction of sp³-hybridized carbons (Fsp3) is 0.500. The lowest BCUT2D eigenvalue weighted by Gasteiger charge is -2.32. The van der Waals surface area contributed by atoms with Crippen molar-refractivity contribution in [2.75, 3.05) is 0 Å². The summed E-state index contributed by atoms with van der Waals surface area (Å²) in [5.74, 6) is -0.382. The predicted octanol–water partition coefficient (Wildman–Crippen LogP) is 2.54. The van der Waals surface area contributed by atoms with Gasteiger partial charge in [-0.15, -0.1) is 0 Å². The zero-order valence-corrected chi connectivity index (χ0v) is 13.5. The highest BCUT2D eigenvalue weighted by molar-refractivity contribution is 5.94. The Kier molecular flexibility index (Phi) is 5.75. The maximum Gasteiger partial charge on any atom is 0.251 e. The van der Waals surface area contributed by atoms with Gasteiger partial charge in [0.2, 0.25) is 5.91 Å². The van der Waals surface area contributed by atoms with E-state index in [1.807, 2.05) is 6.07 Å². The summed E-state index contributed by atoms with van der Waals surface area (Å²) >= 11 is 0. The monoisotopic (exact) mass is 313 g/mol. The number of nitriles is 1. The number of carbonyl (C=O) groups is 2. The van der Waals surface area contributed by atoms with E-state index in [1.165, 1.54) is 0 Å². The number of hydrogen-bond acceptors (Lipinski definition) is 3. The summed E-state index contributed by atoms with van der Waals surface area (Å²) in [6, 6.07) is 10.9. The fourth-order valence-electron chi connectivity index (χ4n) is 2.96. The second-order valence-corrected chi connectivity index (χ2v) is 6.25. The predicted molar refractivity (Wildman–Crippen MR) is 87.6 cm³/mol. The van der Waals surface area contributed by atoms with Crippen LogP contribution in [0.3, 0.4) is 0 Å². The standard InChI is InChI=1S/C18H23N3O2/c1-14(20-17(23)15-8-4-2-5-9-15)12-16(22)21-18(13-19)10-6-3-7-11-18/h2,4-5,8-9,14H,3,6-7,10-12H2,1H3,(H,20,23)(H,21,22)/t14-/m1/s1. The van der Waals surface area contributed by atoms with Crippen molar-refractivity contribution in [3.8, 4) is 6.07 Å². The molecule has 0 unspecified atom stereocenters. The Morgan fingerprint density at radius 1 is 1.22 bits per heavy atom. The van der Waals surface area contributed by atoms with E-state index in [0.29, 0.717) is 18.4 Å². The van der Waals surface area contributed by atoms with Crippen molar-refractivity contribution in [3.05, 3.63) is 35.9 Å². The topological polar surface area (TPSA) is 82.0 Å². The van der Waals surface area contributed by atoms with E-state index in [0.717, 1.165) is 19.3 Å². The molecule has 23 heavy (non-hydrogen) atoms. The van der Waals surface area contributed by atoms with Gasteiger partial charge in [0.1, 0.15) is 5.54 Å². The highest BCUT2D eigenvalue weighted by atomic mass is 16.2. The van der Waals surface area contributed by atoms with Crippen LogP contribution in [0.2, 0.25) is 0 Å². The summed E-state index contributed by atoms with van der Waals surface area (Å²) < 4.78 is 0. The molecule has 0 radical (unpaired) electrons. The average Bonchev–Trinajstić information content (AvgIpc) is 2.56. The quantitative estimate of drug-likeness (QED) is 0.876. The van der Waals surface area contributed by atoms with Gasteiger partial charge in [-0.25, -0.2) is 0 Å². The molecule has 2 amide bonds. The van der Waals surface area contributed by atoms with Crippen LogP contribution in [0.4, 0.5) is 0 Å². The number of carbonyl (C=O) groups excluding carboxylic acids is 2. The van der Waals surface area contributed by atoms with Gasteiger partial charge in [-0.3, -0.25) is 9.59 Å². The first-order valence-electron chi connectivity index (χ1n) is 8.13. The molecule has 1 fully saturated rings. The average molecular weight is 313 g/mol. The molecule has 1 aliphatic rings. The summed E-state index contributed by atoms with van der Waals surface area (Å²) in [5, 5.41) is 15.1. The molecule has 0 aromatic heterocycles. The molecule has 1 aliphatic carbocycles. The van der Waals surface area contributed by atoms with E-state index < -0.39 is 5.54 Å². The first-order chi connectivity index (χ1) is 11.0. The Bertz CT molecular complexity index is 586. The van der Waals surface area contributed by atoms with Crippen molar-refractivity contribution < 1.29 is 9.59 Å². The van der Waals surface area contributed by atoms with Gasteiger partial charge in [0, 0.05) is 18.0 Å². The van der Waals surface area contributed by atoms with E-state index in [9.17, 15) is 14.9 Å². The van der Waals surface area contributed by atoms with Gasteiger partial charge in [-0.1, -0.05) is 37.5 Å². The Hall–Kier alpha value is -2.35. The minimum absolute atomic E-state index is 0.169. The number of hydrogen-bond donors (Lipinski definition) is 2. The molecule has 0 aliphatic heterocycles. The summed E-state index contributed by atoms with van der Waals surface area (Å²) in [5.41, 5.74) is -0.154. The van der Waals surface area contributed by atoms with Gasteiger partial charge >= 0.3 is 0 Å². The van der Waals surface area contributed by atoms with Gasteiger partial charge in [-0.2, -0.15) is 5.26 Å². The van der Waals surface area contributed by atoms with Crippen molar-refractivity contribution in [2.24, 2.45) is 0 Å². The number of rotatable bonds is 5. The molecule has 2 N–H and O–H groups in total. The Balaban J connectivity index is 1.85. The molecule has 0 saturated heterocycles. The van der Waals surface area contributed by atoms with E-state index in [-0.39, 0.29) is 24.3 Å². The van der Waals surface area contributed by atoms with Crippen LogP contribution in [0.15, 0.2) is 30.3 Å². The van der Waals surface area contributed by atoms with E-state index >= 15 is 0 Å². The molecule has 1 saturated carbocycles. The smallest absolute Gasteiger partial charge is 0.251 e. The molecule has 0 heterocycles. The molecular weight excluding hydrogens is 290 g/mol. The zero-order valence-electron chi connectivity index (χ0n) is 13.5. The second kappa shape index (κ2) is 7.77. The van der Waals surface area contributed by atoms with Crippen molar-refractivity contribution in [3.63, 3.8) is 0 Å². The summed E-state index contributed by atoms with van der Waals surface area (Å²) in [4.78, 5) is 24.2. The van der Waals surface area contributed by atoms with E-state index in [2.05, 4.69) is 16.7 Å². The summed E-state index contributed by atoms with van der Waals surface area (Å²) in [7, 11) is 0. The van der Waals surface area contributed by atoms with Crippen LogP contribution in [0.5, 0.6) is 0 Å². The summed E-state index contributed by atoms with van der Waals surface area (Å²) in [6.45, 7) is 1.79. The molecule has 5 heteroatoms. The van der Waals surface area contributed by atoms with Crippen LogP contribution in [0, 0.1) is 11.3 Å². The number of nitrogens with zero attached hydrogens (tertiary/aromatic N) is 1. The molecular formula is C18H23N3O2. The van der Waals surface area contributed by atoms with Gasteiger partial charge in [0.15, 0.2) is 0 Å². The molecule has 1 aromatic rings. The molecule has 0 bridgehead atoms. The van der Waals surface area contributed by atoms with Crippen molar-refractivity contribution in [1.29, 1.82) is 5.26 Å². The molecule has 2 rings (SSSR count). The number of benzene rings is 1. The van der Waals surface area contributed by atoms with Crippen LogP contribution >= 0.6 is 0 Å². The first-order valence-corrected chi connectivity index (χ1v) is 8.13. The summed E-state index contributed by atoms with van der Waals surface area (Å²) in [6.07, 6.45) is 4.63. The third-order valence-electron chi connectivity index (χ3n) is 4.20. The minimum atomic E-state index is -0.724. The molecule has 5 nitrogen and oxygen atoms in total. The lowest BCUT2D eigenvalue weighted by molar-refractivity contribution is -0.123. The van der Waals surface area contributed by atoms with Crippen LogP contribution < -0.4 is 10.6 Å². The van der Waals surface area contributed by atoms with Gasteiger partial charge in [0.05, 0.1) is 6.07 Å². The SMILES string of the molecule is C[C@H](CC(=O)NC1(C#N)CCCCC1)NC(=O)c1ccccc1. The number of amides is 2. The van der Waals surface area contributed by atoms with Crippen molar-refractivity contribution in [1.82, 2.24) is 10.6 Å². The van der Waals surface area contributed by atoms with Crippen LogP contribution in [-0.2, 0) is 4.79 Å². The minimum Gasteiger partial charge on any atom is -0.349 e. The van der Waals surface area contributed by atoms with Gasteiger partial charge in [0.25, 0.3) is 5.91 Å². The Morgan fingerprint density at radius 2 is 1.87 bits per heavy atom. The first kappa shape index (κ1) is 17.0. The van der Waals surface area contributed by atoms with Crippen molar-refractivity contribution >= 4 is 11.8 Å². The van der Waals surface area contributed by atoms with Gasteiger partial charge < -0.3 is 10.6 Å². The van der Waals surface area contributed by atoms with Crippen molar-refractivity contribution in [2.45, 2.75) is 57.0 Å². The zero-order chi connectivity index (χ0) is 16.7. The number of nitrogens with one attached hydrogen (secondary N) is 2.